The molecule has 0 aromatic rings. The monoisotopic (exact) mass is 185 g/mol. The highest BCUT2D eigenvalue weighted by Crippen LogP contribution is 2.30. The topological polar surface area (TPSA) is 40.5 Å². The fourth-order valence-corrected chi connectivity index (χ4v) is 1.90. The molecular weight excluding hydrogens is 166 g/mol. The van der Waals surface area contributed by atoms with E-state index in [0.717, 1.165) is 19.5 Å². The molecule has 0 spiro atoms. The lowest BCUT2D eigenvalue weighted by Gasteiger charge is -2.21. The largest absolute Gasteiger partial charge is 0.481 e. The zero-order chi connectivity index (χ0) is 10.1. The second-order valence-corrected chi connectivity index (χ2v) is 4.74. The molecule has 1 fully saturated rings. The molecule has 1 rings (SSSR count). The molecular formula is C10H19NO2. The van der Waals surface area contributed by atoms with Crippen LogP contribution in [0.1, 0.15) is 27.2 Å². The van der Waals surface area contributed by atoms with Crippen LogP contribution in [0.15, 0.2) is 0 Å². The van der Waals surface area contributed by atoms with E-state index in [1.54, 1.807) is 0 Å². The molecule has 1 N–H and O–H groups in total. The van der Waals surface area contributed by atoms with Crippen molar-refractivity contribution in [1.29, 1.82) is 0 Å². The molecule has 0 radical (unpaired) electrons. The third-order valence-corrected chi connectivity index (χ3v) is 2.69. The Bertz CT molecular complexity index is 203. The fraction of sp³-hybridized carbons (Fsp3) is 0.900. The Balaban J connectivity index is 2.48. The van der Waals surface area contributed by atoms with Crippen LogP contribution in [0, 0.1) is 11.3 Å². The van der Waals surface area contributed by atoms with Gasteiger partial charge >= 0.3 is 5.97 Å². The van der Waals surface area contributed by atoms with Gasteiger partial charge in [0.1, 0.15) is 0 Å². The second kappa shape index (κ2) is 3.66. The van der Waals surface area contributed by atoms with Crippen LogP contribution in [-0.2, 0) is 4.79 Å². The summed E-state index contributed by atoms with van der Waals surface area (Å²) in [5, 5.41) is 9.00. The van der Waals surface area contributed by atoms with Crippen LogP contribution in [0.4, 0.5) is 0 Å². The quantitative estimate of drug-likeness (QED) is 0.723. The molecule has 0 bridgehead atoms. The first kappa shape index (κ1) is 10.5. The molecule has 3 heteroatoms. The Hall–Kier alpha value is -0.570. The van der Waals surface area contributed by atoms with Gasteiger partial charge in [0.15, 0.2) is 0 Å². The van der Waals surface area contributed by atoms with E-state index in [2.05, 4.69) is 18.7 Å². The Kier molecular flexibility index (Phi) is 2.96. The van der Waals surface area contributed by atoms with Crippen LogP contribution < -0.4 is 0 Å². The summed E-state index contributed by atoms with van der Waals surface area (Å²) in [5.74, 6) is -0.0325. The molecule has 0 unspecified atom stereocenters. The molecule has 1 aliphatic heterocycles. The minimum absolute atomic E-state index is 0.505. The summed E-state index contributed by atoms with van der Waals surface area (Å²) in [5.41, 5.74) is -0.505. The molecule has 1 heterocycles. The third kappa shape index (κ3) is 2.44. The smallest absolute Gasteiger partial charge is 0.310 e. The maximum atomic E-state index is 10.9. The normalized spacial score (nSPS) is 29.8. The van der Waals surface area contributed by atoms with Gasteiger partial charge in [0, 0.05) is 13.1 Å². The number of carbonyl (C=O) groups is 1. The first-order chi connectivity index (χ1) is 5.94. The van der Waals surface area contributed by atoms with Crippen LogP contribution in [0.25, 0.3) is 0 Å². The summed E-state index contributed by atoms with van der Waals surface area (Å²) in [7, 11) is 0. The Labute approximate surface area is 79.7 Å². The van der Waals surface area contributed by atoms with Crippen molar-refractivity contribution in [3.8, 4) is 0 Å². The van der Waals surface area contributed by atoms with E-state index in [0.29, 0.717) is 12.5 Å². The van der Waals surface area contributed by atoms with E-state index in [1.807, 2.05) is 6.92 Å². The minimum Gasteiger partial charge on any atom is -0.481 e. The lowest BCUT2D eigenvalue weighted by molar-refractivity contribution is -0.147. The van der Waals surface area contributed by atoms with E-state index < -0.39 is 11.4 Å². The lowest BCUT2D eigenvalue weighted by Crippen LogP contribution is -2.33. The summed E-state index contributed by atoms with van der Waals surface area (Å²) in [4.78, 5) is 13.2. The van der Waals surface area contributed by atoms with Gasteiger partial charge in [0.2, 0.25) is 0 Å². The number of carboxylic acid groups (broad SMARTS) is 1. The van der Waals surface area contributed by atoms with Crippen LogP contribution >= 0.6 is 0 Å². The van der Waals surface area contributed by atoms with Crippen molar-refractivity contribution < 1.29 is 9.90 Å². The number of hydrogen-bond acceptors (Lipinski definition) is 2. The molecule has 1 aliphatic rings. The SMILES string of the molecule is CC(C)CN1CC[C@@](C)(C(=O)O)C1. The fourth-order valence-electron chi connectivity index (χ4n) is 1.90. The molecule has 1 saturated heterocycles. The van der Waals surface area contributed by atoms with Crippen molar-refractivity contribution in [1.82, 2.24) is 4.90 Å². The summed E-state index contributed by atoms with van der Waals surface area (Å²) < 4.78 is 0. The number of carboxylic acids is 1. The van der Waals surface area contributed by atoms with Gasteiger partial charge in [-0.2, -0.15) is 0 Å². The van der Waals surface area contributed by atoms with Crippen molar-refractivity contribution in [2.45, 2.75) is 27.2 Å². The number of hydrogen-bond donors (Lipinski definition) is 1. The maximum Gasteiger partial charge on any atom is 0.310 e. The third-order valence-electron chi connectivity index (χ3n) is 2.69. The first-order valence-electron chi connectivity index (χ1n) is 4.90. The van der Waals surface area contributed by atoms with Crippen molar-refractivity contribution >= 4 is 5.97 Å². The van der Waals surface area contributed by atoms with Crippen LogP contribution in [-0.4, -0.2) is 35.6 Å². The van der Waals surface area contributed by atoms with Crippen LogP contribution in [0.5, 0.6) is 0 Å². The number of aliphatic carboxylic acids is 1. The molecule has 76 valence electrons. The zero-order valence-electron chi connectivity index (χ0n) is 8.71. The summed E-state index contributed by atoms with van der Waals surface area (Å²) in [6.07, 6.45) is 0.787. The average Bonchev–Trinajstić information content (AvgIpc) is 2.32. The highest BCUT2D eigenvalue weighted by molar-refractivity contribution is 5.74. The minimum atomic E-state index is -0.654. The van der Waals surface area contributed by atoms with E-state index >= 15 is 0 Å². The molecule has 0 aromatic heterocycles. The number of rotatable bonds is 3. The molecule has 3 nitrogen and oxygen atoms in total. The second-order valence-electron chi connectivity index (χ2n) is 4.74. The van der Waals surface area contributed by atoms with Crippen molar-refractivity contribution in [3.63, 3.8) is 0 Å². The lowest BCUT2D eigenvalue weighted by atomic mass is 9.90. The predicted molar refractivity (Wildman–Crippen MR) is 51.6 cm³/mol. The maximum absolute atomic E-state index is 10.9. The Morgan fingerprint density at radius 1 is 1.62 bits per heavy atom. The number of nitrogens with zero attached hydrogens (tertiary/aromatic N) is 1. The van der Waals surface area contributed by atoms with Crippen molar-refractivity contribution in [2.75, 3.05) is 19.6 Å². The molecule has 1 atom stereocenters. The Morgan fingerprint density at radius 2 is 2.23 bits per heavy atom. The van der Waals surface area contributed by atoms with E-state index in [-0.39, 0.29) is 0 Å². The summed E-state index contributed by atoms with van der Waals surface area (Å²) >= 11 is 0. The van der Waals surface area contributed by atoms with Crippen molar-refractivity contribution in [2.24, 2.45) is 11.3 Å². The van der Waals surface area contributed by atoms with Gasteiger partial charge in [0.25, 0.3) is 0 Å². The van der Waals surface area contributed by atoms with Gasteiger partial charge in [0.05, 0.1) is 5.41 Å². The molecule has 0 amide bonds. The molecule has 13 heavy (non-hydrogen) atoms. The highest BCUT2D eigenvalue weighted by Gasteiger charge is 2.40. The molecule has 0 saturated carbocycles. The van der Waals surface area contributed by atoms with Crippen LogP contribution in [0.3, 0.4) is 0 Å². The van der Waals surface area contributed by atoms with Gasteiger partial charge in [-0.3, -0.25) is 4.79 Å². The van der Waals surface area contributed by atoms with E-state index in [9.17, 15) is 4.79 Å². The summed E-state index contributed by atoms with van der Waals surface area (Å²) in [6.45, 7) is 8.83. The molecule has 0 aromatic carbocycles. The Morgan fingerprint density at radius 3 is 2.62 bits per heavy atom. The van der Waals surface area contributed by atoms with Gasteiger partial charge in [-0.1, -0.05) is 13.8 Å². The van der Waals surface area contributed by atoms with Gasteiger partial charge in [-0.15, -0.1) is 0 Å². The standard InChI is InChI=1S/C10H19NO2/c1-8(2)6-11-5-4-10(3,7-11)9(12)13/h8H,4-7H2,1-3H3,(H,12,13)/t10-/m1/s1. The highest BCUT2D eigenvalue weighted by atomic mass is 16.4. The van der Waals surface area contributed by atoms with Gasteiger partial charge < -0.3 is 10.0 Å². The van der Waals surface area contributed by atoms with Crippen LogP contribution in [0.2, 0.25) is 0 Å². The molecule has 0 aliphatic carbocycles. The van der Waals surface area contributed by atoms with Crippen molar-refractivity contribution in [3.05, 3.63) is 0 Å². The average molecular weight is 185 g/mol. The zero-order valence-corrected chi connectivity index (χ0v) is 8.71. The summed E-state index contributed by atoms with van der Waals surface area (Å²) in [6, 6.07) is 0. The number of likely N-dealkylation sites (tertiary alicyclic amines) is 1. The van der Waals surface area contributed by atoms with Gasteiger partial charge in [-0.25, -0.2) is 0 Å². The first-order valence-corrected chi connectivity index (χ1v) is 4.90. The van der Waals surface area contributed by atoms with Gasteiger partial charge in [-0.05, 0) is 25.8 Å². The predicted octanol–water partition coefficient (Wildman–Crippen LogP) is 1.44. The van der Waals surface area contributed by atoms with E-state index in [1.165, 1.54) is 0 Å². The van der Waals surface area contributed by atoms with E-state index in [4.69, 9.17) is 5.11 Å².